The van der Waals surface area contributed by atoms with E-state index in [-0.39, 0.29) is 7.43 Å². The van der Waals surface area contributed by atoms with Crippen LogP contribution in [-0.2, 0) is 5.41 Å². The molecule has 2 aliphatic carbocycles. The predicted molar refractivity (Wildman–Crippen MR) is 292 cm³/mol. The van der Waals surface area contributed by atoms with Gasteiger partial charge in [0, 0.05) is 58.4 Å². The molecule has 2 aliphatic rings. The predicted octanol–water partition coefficient (Wildman–Crippen LogP) is 17.7. The van der Waals surface area contributed by atoms with Crippen LogP contribution in [0.25, 0.3) is 132 Å². The first-order chi connectivity index (χ1) is 34.7. The summed E-state index contributed by atoms with van der Waals surface area (Å²) in [5.74, 6) is 1.74. The summed E-state index contributed by atoms with van der Waals surface area (Å²) in [6.07, 6.45) is 0. The lowest BCUT2D eigenvalue weighted by Gasteiger charge is -2.32. The van der Waals surface area contributed by atoms with Gasteiger partial charge in [0.25, 0.3) is 0 Å². The molecule has 1 spiro atoms. The fraction of sp³-hybridized carbons (Fsp3) is 0.0308. The van der Waals surface area contributed by atoms with Crippen LogP contribution in [0.3, 0.4) is 0 Å². The van der Waals surface area contributed by atoms with Crippen LogP contribution in [0, 0.1) is 0 Å². The first-order valence-corrected chi connectivity index (χ1v) is 24.5. The Morgan fingerprint density at radius 3 is 1.42 bits per heavy atom. The molecule has 332 valence electrons. The van der Waals surface area contributed by atoms with Crippen molar-refractivity contribution < 1.29 is 8.83 Å². The molecule has 4 heterocycles. The Morgan fingerprint density at radius 1 is 0.324 bits per heavy atom. The van der Waals surface area contributed by atoms with E-state index in [0.717, 1.165) is 71.5 Å². The number of thiophene rings is 1. The summed E-state index contributed by atoms with van der Waals surface area (Å²) in [7, 11) is 0. The van der Waals surface area contributed by atoms with E-state index < -0.39 is 5.41 Å². The summed E-state index contributed by atoms with van der Waals surface area (Å²) in [5, 5.41) is 6.25. The van der Waals surface area contributed by atoms with E-state index in [0.29, 0.717) is 17.5 Å². The van der Waals surface area contributed by atoms with Gasteiger partial charge in [-0.15, -0.1) is 11.3 Å². The summed E-state index contributed by atoms with van der Waals surface area (Å²) in [6.45, 7) is 0. The minimum absolute atomic E-state index is 0. The number of nitrogens with zero attached hydrogens (tertiary/aromatic N) is 3. The number of hydrogen-bond donors (Lipinski definition) is 0. The lowest BCUT2D eigenvalue weighted by Crippen LogP contribution is -2.26. The van der Waals surface area contributed by atoms with E-state index in [1.807, 2.05) is 36.4 Å². The van der Waals surface area contributed by atoms with E-state index in [9.17, 15) is 0 Å². The molecule has 0 radical (unpaired) electrons. The number of hydrogen-bond acceptors (Lipinski definition) is 6. The molecule has 0 N–H and O–H groups in total. The Labute approximate surface area is 412 Å². The first kappa shape index (κ1) is 40.0. The highest BCUT2D eigenvalue weighted by Gasteiger charge is 2.52. The normalized spacial score (nSPS) is 13.1. The molecule has 0 unspecified atom stereocenters. The third-order valence-corrected chi connectivity index (χ3v) is 16.1. The maximum atomic E-state index is 6.77. The fourth-order valence-corrected chi connectivity index (χ4v) is 13.4. The van der Waals surface area contributed by atoms with Crippen molar-refractivity contribution in [2.45, 2.75) is 12.8 Å². The van der Waals surface area contributed by atoms with Crippen molar-refractivity contribution in [3.63, 3.8) is 0 Å². The standard InChI is InChI=1S/C64H35N3O2S.CH4/c1-6-25-48-38(15-1)39-16-2-7-26-49(39)64(48)50-27-8-3-17-40(50)41-21-11-20-37(60(41)64)36-33-34-52-47(35-36)58-45(23-13-30-54(58)69-52)62-65-61(44-22-12-29-53-57(44)42-18-4-9-28-51(42)68-53)66-63(67-62)46-24-14-32-56-59(46)43-19-5-10-31-55(43)70-56;/h1-35H;1H4. The highest BCUT2D eigenvalue weighted by molar-refractivity contribution is 7.25. The molecule has 0 aliphatic heterocycles. The second-order valence-corrected chi connectivity index (χ2v) is 19.6. The van der Waals surface area contributed by atoms with Gasteiger partial charge in [-0.2, -0.15) is 0 Å². The van der Waals surface area contributed by atoms with Gasteiger partial charge in [0.15, 0.2) is 17.5 Å². The lowest BCUT2D eigenvalue weighted by molar-refractivity contribution is 0.668. The van der Waals surface area contributed by atoms with Gasteiger partial charge in [-0.1, -0.05) is 177 Å². The lowest BCUT2D eigenvalue weighted by atomic mass is 9.68. The summed E-state index contributed by atoms with van der Waals surface area (Å²) in [6, 6.07) is 76.0. The third kappa shape index (κ3) is 5.37. The third-order valence-electron chi connectivity index (χ3n) is 15.0. The molecule has 71 heavy (non-hydrogen) atoms. The number of rotatable bonds is 4. The summed E-state index contributed by atoms with van der Waals surface area (Å²) < 4.78 is 15.6. The van der Waals surface area contributed by atoms with Crippen molar-refractivity contribution in [2.75, 3.05) is 0 Å². The van der Waals surface area contributed by atoms with Gasteiger partial charge in [-0.3, -0.25) is 0 Å². The van der Waals surface area contributed by atoms with Crippen LogP contribution in [0.5, 0.6) is 0 Å². The Morgan fingerprint density at radius 2 is 0.761 bits per heavy atom. The SMILES string of the molecule is C.c1ccc2c(c1)-c1ccccc1C21c2ccccc2-c2cccc(-c3ccc4oc5cccc(-c6nc(-c7cccc8oc9ccccc9c78)nc(-c7cccc8sc9ccccc9c78)n6)c5c4c3)c21. The van der Waals surface area contributed by atoms with Crippen molar-refractivity contribution in [1.29, 1.82) is 0 Å². The smallest absolute Gasteiger partial charge is 0.164 e. The van der Waals surface area contributed by atoms with Crippen LogP contribution in [0.4, 0.5) is 0 Å². The molecule has 0 amide bonds. The van der Waals surface area contributed by atoms with Crippen LogP contribution in [0.1, 0.15) is 29.7 Å². The number of benzene rings is 10. The zero-order chi connectivity index (χ0) is 45.7. The van der Waals surface area contributed by atoms with E-state index in [1.54, 1.807) is 11.3 Å². The highest BCUT2D eigenvalue weighted by atomic mass is 32.1. The zero-order valence-electron chi connectivity index (χ0n) is 37.3. The number of fused-ring (bicyclic) bond motifs is 19. The molecule has 10 aromatic carbocycles. The Kier molecular flexibility index (Phi) is 8.31. The van der Waals surface area contributed by atoms with Crippen LogP contribution in [-0.4, -0.2) is 15.0 Å². The topological polar surface area (TPSA) is 65.0 Å². The molecule has 5 nitrogen and oxygen atoms in total. The second kappa shape index (κ2) is 14.8. The molecule has 4 aromatic heterocycles. The number of para-hydroxylation sites is 1. The van der Waals surface area contributed by atoms with Gasteiger partial charge in [0.05, 0.1) is 5.41 Å². The number of furan rings is 2. The Hall–Kier alpha value is -8.97. The maximum absolute atomic E-state index is 6.77. The average Bonchev–Trinajstić information content (AvgIpc) is 4.25. The van der Waals surface area contributed by atoms with Crippen LogP contribution in [0.2, 0.25) is 0 Å². The summed E-state index contributed by atoms with van der Waals surface area (Å²) in [5.41, 5.74) is 18.0. The van der Waals surface area contributed by atoms with Crippen molar-refractivity contribution in [3.05, 3.63) is 235 Å². The van der Waals surface area contributed by atoms with Crippen LogP contribution >= 0.6 is 11.3 Å². The molecule has 14 aromatic rings. The van der Waals surface area contributed by atoms with E-state index in [4.69, 9.17) is 23.8 Å². The molecule has 16 rings (SSSR count). The highest BCUT2D eigenvalue weighted by Crippen LogP contribution is 2.64. The van der Waals surface area contributed by atoms with E-state index in [1.165, 1.54) is 64.9 Å². The quantitative estimate of drug-likeness (QED) is 0.176. The van der Waals surface area contributed by atoms with E-state index >= 15 is 0 Å². The van der Waals surface area contributed by atoms with Crippen molar-refractivity contribution in [2.24, 2.45) is 0 Å². The molecule has 0 fully saturated rings. The van der Waals surface area contributed by atoms with Gasteiger partial charge in [0.1, 0.15) is 22.3 Å². The minimum atomic E-state index is -0.494. The van der Waals surface area contributed by atoms with E-state index in [2.05, 4.69) is 176 Å². The zero-order valence-corrected chi connectivity index (χ0v) is 38.1. The summed E-state index contributed by atoms with van der Waals surface area (Å²) in [4.78, 5) is 16.3. The second-order valence-electron chi connectivity index (χ2n) is 18.5. The molecular weight excluding hydrogens is 887 g/mol. The van der Waals surface area contributed by atoms with Crippen molar-refractivity contribution in [1.82, 2.24) is 15.0 Å². The largest absolute Gasteiger partial charge is 0.456 e. The van der Waals surface area contributed by atoms with Crippen LogP contribution < -0.4 is 0 Å². The minimum Gasteiger partial charge on any atom is -0.456 e. The molecule has 0 atom stereocenters. The molecular formula is C65H39N3O2S. The van der Waals surface area contributed by atoms with Gasteiger partial charge in [-0.25, -0.2) is 15.0 Å². The molecule has 0 bridgehead atoms. The van der Waals surface area contributed by atoms with Gasteiger partial charge < -0.3 is 8.83 Å². The van der Waals surface area contributed by atoms with Gasteiger partial charge in [0.2, 0.25) is 0 Å². The number of aromatic nitrogens is 3. The molecule has 0 saturated heterocycles. The first-order valence-electron chi connectivity index (χ1n) is 23.7. The Bertz CT molecular complexity index is 4380. The van der Waals surface area contributed by atoms with Gasteiger partial charge >= 0.3 is 0 Å². The Balaban J connectivity index is 0.00000452. The average molecular weight is 926 g/mol. The summed E-state index contributed by atoms with van der Waals surface area (Å²) >= 11 is 1.79. The fourth-order valence-electron chi connectivity index (χ4n) is 12.2. The van der Waals surface area contributed by atoms with Crippen molar-refractivity contribution >= 4 is 75.4 Å². The maximum Gasteiger partial charge on any atom is 0.164 e. The monoisotopic (exact) mass is 925 g/mol. The van der Waals surface area contributed by atoms with Crippen molar-refractivity contribution in [3.8, 4) is 67.5 Å². The van der Waals surface area contributed by atoms with Gasteiger partial charge in [-0.05, 0) is 98.1 Å². The molecule has 6 heteroatoms. The molecule has 0 saturated carbocycles. The van der Waals surface area contributed by atoms with Crippen LogP contribution in [0.15, 0.2) is 221 Å².